The van der Waals surface area contributed by atoms with Crippen molar-refractivity contribution in [2.45, 2.75) is 11.2 Å². The predicted molar refractivity (Wildman–Crippen MR) is 63.6 cm³/mol. The van der Waals surface area contributed by atoms with Crippen LogP contribution in [0.5, 0.6) is 0 Å². The van der Waals surface area contributed by atoms with E-state index in [9.17, 15) is 0 Å². The Labute approximate surface area is 96.2 Å². The Kier molecular flexibility index (Phi) is 2.16. The molecule has 3 nitrogen and oxygen atoms in total. The fraction of sp³-hybridized carbons (Fsp3) is 0.364. The molecule has 0 radical (unpaired) electrons. The summed E-state index contributed by atoms with van der Waals surface area (Å²) in [4.78, 5) is 7.21. The molecule has 0 saturated carbocycles. The van der Waals surface area contributed by atoms with Crippen LogP contribution < -0.4 is 4.90 Å². The Balaban J connectivity index is 1.98. The average Bonchev–Trinajstić information content (AvgIpc) is 2.82. The van der Waals surface area contributed by atoms with Gasteiger partial charge in [-0.1, -0.05) is 28.1 Å². The number of oxazole rings is 1. The number of halogens is 1. The van der Waals surface area contributed by atoms with Crippen molar-refractivity contribution < 1.29 is 4.42 Å². The number of anilines is 1. The monoisotopic (exact) mass is 266 g/mol. The van der Waals surface area contributed by atoms with Gasteiger partial charge in [-0.3, -0.25) is 0 Å². The quantitative estimate of drug-likeness (QED) is 0.744. The van der Waals surface area contributed by atoms with Gasteiger partial charge in [-0.2, -0.15) is 4.98 Å². The summed E-state index contributed by atoms with van der Waals surface area (Å²) in [6.45, 7) is 2.00. The third-order valence-electron chi connectivity index (χ3n) is 2.68. The number of alkyl halides is 1. The zero-order valence-electron chi connectivity index (χ0n) is 8.19. The maximum Gasteiger partial charge on any atom is 0.298 e. The van der Waals surface area contributed by atoms with Crippen LogP contribution in [0.25, 0.3) is 11.1 Å². The summed E-state index contributed by atoms with van der Waals surface area (Å²) in [7, 11) is 0. The Morgan fingerprint density at radius 1 is 1.40 bits per heavy atom. The molecule has 4 heteroatoms. The summed E-state index contributed by atoms with van der Waals surface area (Å²) < 4.78 is 5.69. The summed E-state index contributed by atoms with van der Waals surface area (Å²) in [5, 5.41) is 0. The highest BCUT2D eigenvalue weighted by Crippen LogP contribution is 2.26. The van der Waals surface area contributed by atoms with Crippen LogP contribution >= 0.6 is 15.9 Å². The van der Waals surface area contributed by atoms with Gasteiger partial charge in [-0.25, -0.2) is 0 Å². The Morgan fingerprint density at radius 3 is 3.00 bits per heavy atom. The lowest BCUT2D eigenvalue weighted by atomic mass is 10.3. The number of aromatic nitrogens is 1. The Bertz CT molecular complexity index is 449. The van der Waals surface area contributed by atoms with E-state index < -0.39 is 0 Å². The van der Waals surface area contributed by atoms with Gasteiger partial charge >= 0.3 is 0 Å². The van der Waals surface area contributed by atoms with Crippen LogP contribution in [0.1, 0.15) is 6.42 Å². The first-order valence-electron chi connectivity index (χ1n) is 5.07. The van der Waals surface area contributed by atoms with Crippen LogP contribution in [0, 0.1) is 0 Å². The lowest BCUT2D eigenvalue weighted by molar-refractivity contribution is 0.586. The normalized spacial score (nSPS) is 21.4. The summed E-state index contributed by atoms with van der Waals surface area (Å²) in [6, 6.07) is 8.62. The standard InChI is InChI=1S/C11H11BrN2O/c12-8-5-6-14(7-8)11-13-9-3-1-2-4-10(9)15-11/h1-4,8H,5-7H2. The molecule has 0 bridgehead atoms. The van der Waals surface area contributed by atoms with Gasteiger partial charge in [-0.15, -0.1) is 0 Å². The smallest absolute Gasteiger partial charge is 0.298 e. The topological polar surface area (TPSA) is 29.3 Å². The predicted octanol–water partition coefficient (Wildman–Crippen LogP) is 2.80. The highest BCUT2D eigenvalue weighted by Gasteiger charge is 2.23. The third kappa shape index (κ3) is 1.63. The minimum atomic E-state index is 0.563. The molecule has 1 aromatic heterocycles. The molecule has 2 heterocycles. The largest absolute Gasteiger partial charge is 0.423 e. The summed E-state index contributed by atoms with van der Waals surface area (Å²) in [6.07, 6.45) is 1.15. The lowest BCUT2D eigenvalue weighted by Crippen LogP contribution is -2.19. The zero-order valence-corrected chi connectivity index (χ0v) is 9.77. The van der Waals surface area contributed by atoms with Crippen LogP contribution in [-0.2, 0) is 0 Å². The molecule has 1 fully saturated rings. The van der Waals surface area contributed by atoms with E-state index >= 15 is 0 Å². The second-order valence-electron chi connectivity index (χ2n) is 3.80. The van der Waals surface area contributed by atoms with Crippen molar-refractivity contribution in [2.24, 2.45) is 0 Å². The highest BCUT2D eigenvalue weighted by atomic mass is 79.9. The van der Waals surface area contributed by atoms with Crippen LogP contribution in [0.3, 0.4) is 0 Å². The van der Waals surface area contributed by atoms with E-state index in [1.807, 2.05) is 24.3 Å². The van der Waals surface area contributed by atoms with Gasteiger partial charge < -0.3 is 9.32 Å². The van der Waals surface area contributed by atoms with E-state index in [-0.39, 0.29) is 0 Å². The molecule has 2 aromatic rings. The number of rotatable bonds is 1. The first-order chi connectivity index (χ1) is 7.33. The van der Waals surface area contributed by atoms with Gasteiger partial charge in [0, 0.05) is 17.9 Å². The summed E-state index contributed by atoms with van der Waals surface area (Å²) >= 11 is 3.61. The van der Waals surface area contributed by atoms with Crippen molar-refractivity contribution in [3.8, 4) is 0 Å². The molecular weight excluding hydrogens is 256 g/mol. The van der Waals surface area contributed by atoms with Gasteiger partial charge in [0.25, 0.3) is 6.01 Å². The molecule has 1 saturated heterocycles. The molecule has 0 aliphatic carbocycles. The second kappa shape index (κ2) is 3.52. The van der Waals surface area contributed by atoms with Crippen molar-refractivity contribution in [3.63, 3.8) is 0 Å². The minimum absolute atomic E-state index is 0.563. The molecule has 0 N–H and O–H groups in total. The van der Waals surface area contributed by atoms with E-state index in [1.165, 1.54) is 0 Å². The van der Waals surface area contributed by atoms with E-state index in [0.717, 1.165) is 36.6 Å². The molecule has 1 aliphatic heterocycles. The molecule has 1 atom stereocenters. The van der Waals surface area contributed by atoms with Crippen molar-refractivity contribution in [2.75, 3.05) is 18.0 Å². The van der Waals surface area contributed by atoms with E-state index in [1.54, 1.807) is 0 Å². The summed E-state index contributed by atoms with van der Waals surface area (Å²) in [5.74, 6) is 0. The maximum absolute atomic E-state index is 5.69. The fourth-order valence-electron chi connectivity index (χ4n) is 1.89. The first-order valence-corrected chi connectivity index (χ1v) is 5.99. The van der Waals surface area contributed by atoms with Crippen LogP contribution in [0.4, 0.5) is 6.01 Å². The first kappa shape index (κ1) is 9.21. The highest BCUT2D eigenvalue weighted by molar-refractivity contribution is 9.09. The number of hydrogen-bond donors (Lipinski definition) is 0. The molecule has 1 unspecified atom stereocenters. The lowest BCUT2D eigenvalue weighted by Gasteiger charge is -2.10. The number of hydrogen-bond acceptors (Lipinski definition) is 3. The molecule has 15 heavy (non-hydrogen) atoms. The van der Waals surface area contributed by atoms with Gasteiger partial charge in [0.1, 0.15) is 5.52 Å². The van der Waals surface area contributed by atoms with E-state index in [4.69, 9.17) is 4.42 Å². The zero-order chi connectivity index (χ0) is 10.3. The third-order valence-corrected chi connectivity index (χ3v) is 3.43. The van der Waals surface area contributed by atoms with Gasteiger partial charge in [-0.05, 0) is 18.6 Å². The summed E-state index contributed by atoms with van der Waals surface area (Å²) in [5.41, 5.74) is 1.80. The number of nitrogens with zero attached hydrogens (tertiary/aromatic N) is 2. The van der Waals surface area contributed by atoms with Crippen LogP contribution in [0.2, 0.25) is 0 Å². The molecular formula is C11H11BrN2O. The SMILES string of the molecule is BrC1CCN(c2nc3ccccc3o2)C1. The maximum atomic E-state index is 5.69. The molecule has 0 spiro atoms. The Hall–Kier alpha value is -1.03. The fourth-order valence-corrected chi connectivity index (χ4v) is 2.44. The van der Waals surface area contributed by atoms with E-state index in [2.05, 4.69) is 25.8 Å². The number of para-hydroxylation sites is 2. The molecule has 0 amide bonds. The van der Waals surface area contributed by atoms with Crippen LogP contribution in [-0.4, -0.2) is 22.9 Å². The van der Waals surface area contributed by atoms with E-state index in [0.29, 0.717) is 4.83 Å². The average molecular weight is 267 g/mol. The number of benzene rings is 1. The van der Waals surface area contributed by atoms with Gasteiger partial charge in [0.15, 0.2) is 5.58 Å². The number of fused-ring (bicyclic) bond motifs is 1. The van der Waals surface area contributed by atoms with Gasteiger partial charge in [0.2, 0.25) is 0 Å². The Morgan fingerprint density at radius 2 is 2.27 bits per heavy atom. The van der Waals surface area contributed by atoms with Crippen LogP contribution in [0.15, 0.2) is 28.7 Å². The van der Waals surface area contributed by atoms with Crippen molar-refractivity contribution >= 4 is 33.0 Å². The molecule has 1 aromatic carbocycles. The van der Waals surface area contributed by atoms with Crippen molar-refractivity contribution in [3.05, 3.63) is 24.3 Å². The molecule has 3 rings (SSSR count). The van der Waals surface area contributed by atoms with Crippen molar-refractivity contribution in [1.82, 2.24) is 4.98 Å². The molecule has 1 aliphatic rings. The van der Waals surface area contributed by atoms with Crippen molar-refractivity contribution in [1.29, 1.82) is 0 Å². The minimum Gasteiger partial charge on any atom is -0.423 e. The molecule has 78 valence electrons. The van der Waals surface area contributed by atoms with Gasteiger partial charge in [0.05, 0.1) is 0 Å². The second-order valence-corrected chi connectivity index (χ2v) is 5.09.